The number of benzene rings is 2. The maximum atomic E-state index is 14.8. The summed E-state index contributed by atoms with van der Waals surface area (Å²) in [6.07, 6.45) is 3.73. The van der Waals surface area contributed by atoms with Crippen molar-refractivity contribution >= 4 is 21.4 Å². The van der Waals surface area contributed by atoms with Crippen molar-refractivity contribution in [2.45, 2.75) is 51.5 Å². The summed E-state index contributed by atoms with van der Waals surface area (Å²) in [7, 11) is -2.47. The van der Waals surface area contributed by atoms with Gasteiger partial charge < -0.3 is 14.8 Å². The third-order valence-corrected chi connectivity index (χ3v) is 7.23. The summed E-state index contributed by atoms with van der Waals surface area (Å²) in [5, 5.41) is 3.10. The summed E-state index contributed by atoms with van der Waals surface area (Å²) in [5.74, 6) is -0.00591. The van der Waals surface area contributed by atoms with Crippen molar-refractivity contribution in [3.05, 3.63) is 59.8 Å². The first-order chi connectivity index (χ1) is 17.1. The highest BCUT2D eigenvalue weighted by molar-refractivity contribution is 7.92. The van der Waals surface area contributed by atoms with Gasteiger partial charge in [0.25, 0.3) is 0 Å². The normalized spacial score (nSPS) is 17.0. The van der Waals surface area contributed by atoms with Crippen LogP contribution in [0.15, 0.2) is 47.0 Å². The Balaban J connectivity index is 1.81. The van der Waals surface area contributed by atoms with Gasteiger partial charge in [-0.05, 0) is 50.1 Å². The third-order valence-electron chi connectivity index (χ3n) is 5.49. The summed E-state index contributed by atoms with van der Waals surface area (Å²) in [5.41, 5.74) is 1.68. The van der Waals surface area contributed by atoms with Crippen LogP contribution >= 0.6 is 0 Å². The van der Waals surface area contributed by atoms with Gasteiger partial charge in [-0.1, -0.05) is 6.92 Å². The largest absolute Gasteiger partial charge is 0.493 e. The second-order valence-corrected chi connectivity index (χ2v) is 11.5. The fourth-order valence-corrected chi connectivity index (χ4v) is 5.82. The van der Waals surface area contributed by atoms with Gasteiger partial charge in [0.05, 0.1) is 24.6 Å². The first kappa shape index (κ1) is 25.8. The number of aromatic nitrogens is 2. The molecule has 36 heavy (non-hydrogen) atoms. The van der Waals surface area contributed by atoms with E-state index >= 15 is 0 Å². The van der Waals surface area contributed by atoms with Crippen LogP contribution in [0.4, 0.5) is 20.4 Å². The standard InChI is InChI=1S/C26H30F2N4O3S/c1-5-20-8-9-34-24-12-18(27)6-7-22(24)25-23(28)14-29-26(31-25)30-19-10-17(11-21(13-19)35-20)15-36(4,33)32-16(2)3/h6-7,10-14,16,20H,5,8-9,15H2,1-4H3,(H,29,30,31). The lowest BCUT2D eigenvalue weighted by molar-refractivity contribution is 0.158. The van der Waals surface area contributed by atoms with Gasteiger partial charge in [-0.2, -0.15) is 0 Å². The Labute approximate surface area is 210 Å². The number of halogens is 2. The van der Waals surface area contributed by atoms with Crippen LogP contribution in [0.5, 0.6) is 11.5 Å². The van der Waals surface area contributed by atoms with Crippen LogP contribution in [-0.2, 0) is 15.5 Å². The summed E-state index contributed by atoms with van der Waals surface area (Å²) in [6.45, 7) is 6.02. The molecule has 10 heteroatoms. The quantitative estimate of drug-likeness (QED) is 0.450. The number of anilines is 2. The number of hydrogen-bond acceptors (Lipinski definition) is 7. The minimum absolute atomic E-state index is 0.00783. The zero-order valence-electron chi connectivity index (χ0n) is 20.8. The molecule has 2 unspecified atom stereocenters. The van der Waals surface area contributed by atoms with Gasteiger partial charge in [-0.3, -0.25) is 0 Å². The Morgan fingerprint density at radius 2 is 2.03 bits per heavy atom. The smallest absolute Gasteiger partial charge is 0.227 e. The van der Waals surface area contributed by atoms with Crippen molar-refractivity contribution in [3.8, 4) is 22.8 Å². The fraction of sp³-hybridized carbons (Fsp3) is 0.385. The molecule has 1 aromatic heterocycles. The lowest BCUT2D eigenvalue weighted by atomic mass is 10.1. The zero-order chi connectivity index (χ0) is 25.9. The fourth-order valence-electron chi connectivity index (χ4n) is 4.07. The van der Waals surface area contributed by atoms with E-state index in [-0.39, 0.29) is 41.9 Å². The minimum Gasteiger partial charge on any atom is -0.493 e. The van der Waals surface area contributed by atoms with Crippen LogP contribution < -0.4 is 14.8 Å². The zero-order valence-corrected chi connectivity index (χ0v) is 21.6. The van der Waals surface area contributed by atoms with Crippen LogP contribution in [0.2, 0.25) is 0 Å². The van der Waals surface area contributed by atoms with Gasteiger partial charge in [-0.15, -0.1) is 0 Å². The SMILES string of the molecule is CCC1CCOc2cc(F)ccc2-c2nc(ncc2F)Nc2cc(CS(C)(=O)=NC(C)C)cc(c2)O1. The Kier molecular flexibility index (Phi) is 7.73. The maximum absolute atomic E-state index is 14.8. The predicted molar refractivity (Wildman–Crippen MR) is 137 cm³/mol. The number of nitrogens with zero attached hydrogens (tertiary/aromatic N) is 3. The van der Waals surface area contributed by atoms with Crippen LogP contribution in [0.3, 0.4) is 0 Å². The molecule has 4 rings (SSSR count). The molecule has 7 nitrogen and oxygen atoms in total. The lowest BCUT2D eigenvalue weighted by Gasteiger charge is -2.21. The Morgan fingerprint density at radius 3 is 2.78 bits per heavy atom. The second-order valence-electron chi connectivity index (χ2n) is 9.11. The van der Waals surface area contributed by atoms with Gasteiger partial charge in [0.1, 0.15) is 29.1 Å². The van der Waals surface area contributed by atoms with E-state index in [0.717, 1.165) is 11.8 Å². The summed E-state index contributed by atoms with van der Waals surface area (Å²) >= 11 is 0. The second kappa shape index (κ2) is 10.8. The average molecular weight is 517 g/mol. The van der Waals surface area contributed by atoms with Gasteiger partial charge in [-0.25, -0.2) is 27.3 Å². The number of ether oxygens (including phenoxy) is 2. The van der Waals surface area contributed by atoms with Crippen LogP contribution in [0.25, 0.3) is 11.3 Å². The molecule has 4 bridgehead atoms. The average Bonchev–Trinajstić information content (AvgIpc) is 2.78. The molecule has 1 aliphatic heterocycles. The van der Waals surface area contributed by atoms with E-state index in [4.69, 9.17) is 9.47 Å². The number of nitrogens with one attached hydrogen (secondary N) is 1. The molecule has 0 amide bonds. The highest BCUT2D eigenvalue weighted by atomic mass is 32.2. The van der Waals surface area contributed by atoms with E-state index < -0.39 is 21.4 Å². The molecule has 2 aromatic carbocycles. The lowest BCUT2D eigenvalue weighted by Crippen LogP contribution is -2.19. The number of fused-ring (bicyclic) bond motifs is 6. The minimum atomic E-state index is -2.47. The van der Waals surface area contributed by atoms with Crippen molar-refractivity contribution in [1.29, 1.82) is 0 Å². The summed E-state index contributed by atoms with van der Waals surface area (Å²) < 4.78 is 58.3. The molecule has 0 fully saturated rings. The molecule has 0 aliphatic carbocycles. The maximum Gasteiger partial charge on any atom is 0.227 e. The molecule has 2 atom stereocenters. The van der Waals surface area contributed by atoms with Crippen molar-refractivity contribution < 1.29 is 22.5 Å². The molecule has 1 aliphatic rings. The van der Waals surface area contributed by atoms with E-state index in [2.05, 4.69) is 19.6 Å². The van der Waals surface area contributed by atoms with Gasteiger partial charge in [0, 0.05) is 45.8 Å². The third kappa shape index (κ3) is 6.48. The van der Waals surface area contributed by atoms with Crippen molar-refractivity contribution in [1.82, 2.24) is 9.97 Å². The van der Waals surface area contributed by atoms with Crippen molar-refractivity contribution in [3.63, 3.8) is 0 Å². The van der Waals surface area contributed by atoms with E-state index in [1.807, 2.05) is 32.9 Å². The van der Waals surface area contributed by atoms with Gasteiger partial charge in [0.2, 0.25) is 5.95 Å². The van der Waals surface area contributed by atoms with Gasteiger partial charge >= 0.3 is 0 Å². The highest BCUT2D eigenvalue weighted by Crippen LogP contribution is 2.33. The Bertz CT molecular complexity index is 1370. The number of hydrogen-bond donors (Lipinski definition) is 1. The molecule has 1 N–H and O–H groups in total. The topological polar surface area (TPSA) is 85.7 Å². The molecular weight excluding hydrogens is 486 g/mol. The molecule has 0 radical (unpaired) electrons. The molecule has 0 saturated carbocycles. The van der Waals surface area contributed by atoms with E-state index in [1.165, 1.54) is 18.2 Å². The van der Waals surface area contributed by atoms with Crippen LogP contribution in [0.1, 0.15) is 39.2 Å². The van der Waals surface area contributed by atoms with Crippen molar-refractivity contribution in [2.24, 2.45) is 4.36 Å². The van der Waals surface area contributed by atoms with E-state index in [1.54, 1.807) is 12.3 Å². The summed E-state index contributed by atoms with van der Waals surface area (Å²) in [4.78, 5) is 8.41. The predicted octanol–water partition coefficient (Wildman–Crippen LogP) is 6.11. The Hall–Kier alpha value is -3.27. The van der Waals surface area contributed by atoms with Crippen molar-refractivity contribution in [2.75, 3.05) is 18.2 Å². The molecular formula is C26H30F2N4O3S. The van der Waals surface area contributed by atoms with Crippen LogP contribution in [0, 0.1) is 11.6 Å². The summed E-state index contributed by atoms with van der Waals surface area (Å²) in [6, 6.07) is 9.31. The highest BCUT2D eigenvalue weighted by Gasteiger charge is 2.19. The monoisotopic (exact) mass is 516 g/mol. The molecule has 192 valence electrons. The first-order valence-corrected chi connectivity index (χ1v) is 13.9. The Morgan fingerprint density at radius 1 is 1.22 bits per heavy atom. The molecule has 3 aromatic rings. The first-order valence-electron chi connectivity index (χ1n) is 11.8. The molecule has 0 spiro atoms. The van der Waals surface area contributed by atoms with E-state index in [0.29, 0.717) is 29.8 Å². The van der Waals surface area contributed by atoms with Crippen LogP contribution in [-0.4, -0.2) is 39.2 Å². The van der Waals surface area contributed by atoms with E-state index in [9.17, 15) is 13.0 Å². The molecule has 0 saturated heterocycles. The molecule has 2 heterocycles. The van der Waals surface area contributed by atoms with Gasteiger partial charge in [0.15, 0.2) is 5.82 Å². The number of rotatable bonds is 4.